The Bertz CT molecular complexity index is 540. The minimum atomic E-state index is 0.303. The zero-order chi connectivity index (χ0) is 13.8. The lowest BCUT2D eigenvalue weighted by Crippen LogP contribution is -2.19. The largest absolute Gasteiger partial charge is 0.497 e. The molecule has 1 saturated heterocycles. The fraction of sp³-hybridized carbons (Fsp3) is 0.438. The predicted octanol–water partition coefficient (Wildman–Crippen LogP) is 3.55. The van der Waals surface area contributed by atoms with Crippen LogP contribution in [0.2, 0.25) is 0 Å². The van der Waals surface area contributed by atoms with E-state index in [4.69, 9.17) is 9.26 Å². The molecule has 1 aliphatic heterocycles. The van der Waals surface area contributed by atoms with Gasteiger partial charge in [-0.25, -0.2) is 0 Å². The van der Waals surface area contributed by atoms with Crippen molar-refractivity contribution in [2.45, 2.75) is 31.7 Å². The van der Waals surface area contributed by atoms with Crippen molar-refractivity contribution in [3.05, 3.63) is 36.1 Å². The molecule has 0 bridgehead atoms. The van der Waals surface area contributed by atoms with E-state index in [0.717, 1.165) is 35.7 Å². The summed E-state index contributed by atoms with van der Waals surface area (Å²) < 4.78 is 10.7. The molecule has 106 valence electrons. The molecule has 0 radical (unpaired) electrons. The molecule has 1 atom stereocenters. The number of aromatic nitrogens is 1. The van der Waals surface area contributed by atoms with Gasteiger partial charge in [-0.05, 0) is 43.7 Å². The van der Waals surface area contributed by atoms with Crippen molar-refractivity contribution in [3.8, 4) is 17.0 Å². The number of benzene rings is 1. The molecule has 1 fully saturated rings. The first-order valence-corrected chi connectivity index (χ1v) is 7.21. The normalized spacial score (nSPS) is 19.6. The number of rotatable bonds is 3. The first kappa shape index (κ1) is 13.2. The number of ether oxygens (including phenoxy) is 1. The molecule has 1 aromatic carbocycles. The van der Waals surface area contributed by atoms with Crippen LogP contribution in [0, 0.1) is 0 Å². The molecular formula is C16H20N2O2. The van der Waals surface area contributed by atoms with Gasteiger partial charge in [-0.3, -0.25) is 0 Å². The Morgan fingerprint density at radius 3 is 2.85 bits per heavy atom. The number of hydrogen-bond donors (Lipinski definition) is 1. The van der Waals surface area contributed by atoms with Gasteiger partial charge in [-0.2, -0.15) is 0 Å². The van der Waals surface area contributed by atoms with Crippen LogP contribution < -0.4 is 10.1 Å². The first-order chi connectivity index (χ1) is 9.86. The van der Waals surface area contributed by atoms with Crippen molar-refractivity contribution in [3.63, 3.8) is 0 Å². The summed E-state index contributed by atoms with van der Waals surface area (Å²) in [5.74, 6) is 1.79. The van der Waals surface area contributed by atoms with Gasteiger partial charge in [-0.15, -0.1) is 0 Å². The predicted molar refractivity (Wildman–Crippen MR) is 77.7 cm³/mol. The maximum atomic E-state index is 5.53. The van der Waals surface area contributed by atoms with Crippen LogP contribution in [0.1, 0.15) is 37.5 Å². The lowest BCUT2D eigenvalue weighted by Gasteiger charge is -2.10. The molecule has 1 N–H and O–H groups in total. The first-order valence-electron chi connectivity index (χ1n) is 7.21. The Morgan fingerprint density at radius 2 is 2.05 bits per heavy atom. The van der Waals surface area contributed by atoms with Gasteiger partial charge in [0.15, 0.2) is 5.76 Å². The molecular weight excluding hydrogens is 252 g/mol. The molecule has 0 saturated carbocycles. The van der Waals surface area contributed by atoms with Gasteiger partial charge in [0.05, 0.1) is 13.2 Å². The van der Waals surface area contributed by atoms with E-state index < -0.39 is 0 Å². The van der Waals surface area contributed by atoms with Crippen LogP contribution in [0.3, 0.4) is 0 Å². The van der Waals surface area contributed by atoms with Crippen molar-refractivity contribution in [2.24, 2.45) is 0 Å². The summed E-state index contributed by atoms with van der Waals surface area (Å²) in [6.07, 6.45) is 4.91. The van der Waals surface area contributed by atoms with Crippen LogP contribution in [-0.2, 0) is 0 Å². The maximum Gasteiger partial charge on any atom is 0.154 e. The molecule has 4 nitrogen and oxygen atoms in total. The van der Waals surface area contributed by atoms with Crippen LogP contribution in [0.5, 0.6) is 5.75 Å². The minimum Gasteiger partial charge on any atom is -0.497 e. The van der Waals surface area contributed by atoms with Crippen LogP contribution in [0.4, 0.5) is 0 Å². The molecule has 3 rings (SSSR count). The molecule has 2 aromatic rings. The maximum absolute atomic E-state index is 5.53. The second-order valence-electron chi connectivity index (χ2n) is 5.20. The average molecular weight is 272 g/mol. The monoisotopic (exact) mass is 272 g/mol. The van der Waals surface area contributed by atoms with Crippen molar-refractivity contribution in [1.29, 1.82) is 0 Å². The number of nitrogens with one attached hydrogen (secondary N) is 1. The van der Waals surface area contributed by atoms with Gasteiger partial charge in [0.2, 0.25) is 0 Å². The summed E-state index contributed by atoms with van der Waals surface area (Å²) in [5, 5.41) is 7.72. The second-order valence-corrected chi connectivity index (χ2v) is 5.20. The minimum absolute atomic E-state index is 0.303. The SMILES string of the molecule is COc1ccc(-c2cc(C3CCCCCN3)on2)cc1. The summed E-state index contributed by atoms with van der Waals surface area (Å²) in [6.45, 7) is 1.06. The van der Waals surface area contributed by atoms with Gasteiger partial charge in [-0.1, -0.05) is 18.0 Å². The Balaban J connectivity index is 1.78. The zero-order valence-corrected chi connectivity index (χ0v) is 11.8. The Morgan fingerprint density at radius 1 is 1.20 bits per heavy atom. The number of methoxy groups -OCH3 is 1. The Hall–Kier alpha value is -1.81. The van der Waals surface area contributed by atoms with E-state index in [-0.39, 0.29) is 0 Å². The second kappa shape index (κ2) is 6.09. The smallest absolute Gasteiger partial charge is 0.154 e. The van der Waals surface area contributed by atoms with Gasteiger partial charge in [0, 0.05) is 11.6 Å². The summed E-state index contributed by atoms with van der Waals surface area (Å²) in [6, 6.07) is 10.2. The quantitative estimate of drug-likeness (QED) is 0.928. The van der Waals surface area contributed by atoms with E-state index in [1.54, 1.807) is 7.11 Å². The third kappa shape index (κ3) is 2.85. The highest BCUT2D eigenvalue weighted by molar-refractivity contribution is 5.59. The lowest BCUT2D eigenvalue weighted by atomic mass is 10.1. The van der Waals surface area contributed by atoms with E-state index in [1.165, 1.54) is 19.3 Å². The highest BCUT2D eigenvalue weighted by Gasteiger charge is 2.18. The van der Waals surface area contributed by atoms with Crippen LogP contribution in [-0.4, -0.2) is 18.8 Å². The van der Waals surface area contributed by atoms with Gasteiger partial charge < -0.3 is 14.6 Å². The molecule has 1 aromatic heterocycles. The number of nitrogens with zero attached hydrogens (tertiary/aromatic N) is 1. The topological polar surface area (TPSA) is 47.3 Å². The third-order valence-corrected chi connectivity index (χ3v) is 3.82. The van der Waals surface area contributed by atoms with Crippen LogP contribution in [0.15, 0.2) is 34.9 Å². The van der Waals surface area contributed by atoms with Gasteiger partial charge >= 0.3 is 0 Å². The Kier molecular flexibility index (Phi) is 4.02. The van der Waals surface area contributed by atoms with Crippen LogP contribution in [0.25, 0.3) is 11.3 Å². The van der Waals surface area contributed by atoms with Crippen molar-refractivity contribution < 1.29 is 9.26 Å². The molecule has 20 heavy (non-hydrogen) atoms. The average Bonchev–Trinajstić information content (AvgIpc) is 2.83. The standard InChI is InChI=1S/C16H20N2O2/c1-19-13-8-6-12(7-9-13)15-11-16(20-18-15)14-5-3-2-4-10-17-14/h6-9,11,14,17H,2-5,10H2,1H3. The van der Waals surface area contributed by atoms with Crippen molar-refractivity contribution in [2.75, 3.05) is 13.7 Å². The summed E-state index contributed by atoms with van der Waals surface area (Å²) in [4.78, 5) is 0. The van der Waals surface area contributed by atoms with E-state index in [2.05, 4.69) is 10.5 Å². The molecule has 4 heteroatoms. The van der Waals surface area contributed by atoms with Crippen LogP contribution >= 0.6 is 0 Å². The van der Waals surface area contributed by atoms with E-state index in [9.17, 15) is 0 Å². The van der Waals surface area contributed by atoms with E-state index in [1.807, 2.05) is 30.3 Å². The van der Waals surface area contributed by atoms with E-state index in [0.29, 0.717) is 6.04 Å². The van der Waals surface area contributed by atoms with Gasteiger partial charge in [0.1, 0.15) is 11.4 Å². The molecule has 0 amide bonds. The van der Waals surface area contributed by atoms with E-state index >= 15 is 0 Å². The fourth-order valence-corrected chi connectivity index (χ4v) is 2.62. The summed E-state index contributed by atoms with van der Waals surface area (Å²) in [7, 11) is 1.67. The highest BCUT2D eigenvalue weighted by atomic mass is 16.5. The Labute approximate surface area is 119 Å². The summed E-state index contributed by atoms with van der Waals surface area (Å²) >= 11 is 0. The molecule has 2 heterocycles. The lowest BCUT2D eigenvalue weighted by molar-refractivity contribution is 0.336. The number of hydrogen-bond acceptors (Lipinski definition) is 4. The summed E-state index contributed by atoms with van der Waals surface area (Å²) in [5.41, 5.74) is 1.93. The molecule has 0 spiro atoms. The molecule has 0 aliphatic carbocycles. The van der Waals surface area contributed by atoms with Crippen molar-refractivity contribution in [1.82, 2.24) is 10.5 Å². The third-order valence-electron chi connectivity index (χ3n) is 3.82. The zero-order valence-electron chi connectivity index (χ0n) is 11.8. The van der Waals surface area contributed by atoms with Crippen molar-refractivity contribution >= 4 is 0 Å². The highest BCUT2D eigenvalue weighted by Crippen LogP contribution is 2.27. The van der Waals surface area contributed by atoms with Gasteiger partial charge in [0.25, 0.3) is 0 Å². The molecule has 1 unspecified atom stereocenters. The fourth-order valence-electron chi connectivity index (χ4n) is 2.62. The molecule has 1 aliphatic rings.